The van der Waals surface area contributed by atoms with E-state index < -0.39 is 0 Å². The zero-order chi connectivity index (χ0) is 13.8. The number of carbonyl (C=O) groups excluding carboxylic acids is 1. The maximum atomic E-state index is 12.1. The minimum atomic E-state index is -0.242. The van der Waals surface area contributed by atoms with Crippen LogP contribution in [-0.2, 0) is 6.42 Å². The summed E-state index contributed by atoms with van der Waals surface area (Å²) < 4.78 is 0.993. The number of pyridine rings is 1. The van der Waals surface area contributed by atoms with Crippen LogP contribution in [-0.4, -0.2) is 10.9 Å². The third kappa shape index (κ3) is 3.55. The van der Waals surface area contributed by atoms with Crippen molar-refractivity contribution in [3.63, 3.8) is 0 Å². The molecule has 0 radical (unpaired) electrons. The molecule has 1 heterocycles. The SMILES string of the molecule is CCc1cc(Br)ccc1NC(=O)c1ccc(Cl)cn1. The topological polar surface area (TPSA) is 42.0 Å². The molecule has 5 heteroatoms. The molecule has 0 bridgehead atoms. The van der Waals surface area contributed by atoms with Crippen LogP contribution in [0.25, 0.3) is 0 Å². The largest absolute Gasteiger partial charge is 0.320 e. The number of aromatic nitrogens is 1. The lowest BCUT2D eigenvalue weighted by molar-refractivity contribution is 0.102. The Morgan fingerprint density at radius 2 is 2.16 bits per heavy atom. The molecule has 0 aliphatic heterocycles. The lowest BCUT2D eigenvalue weighted by Crippen LogP contribution is -2.14. The summed E-state index contributed by atoms with van der Waals surface area (Å²) in [6.45, 7) is 2.04. The van der Waals surface area contributed by atoms with Crippen molar-refractivity contribution in [2.24, 2.45) is 0 Å². The molecule has 2 aromatic rings. The predicted octanol–water partition coefficient (Wildman–Crippen LogP) is 4.31. The number of carbonyl (C=O) groups is 1. The smallest absolute Gasteiger partial charge is 0.274 e. The average molecular weight is 340 g/mol. The summed E-state index contributed by atoms with van der Waals surface area (Å²) in [5.41, 5.74) is 2.21. The highest BCUT2D eigenvalue weighted by atomic mass is 79.9. The minimum absolute atomic E-state index is 0.242. The van der Waals surface area contributed by atoms with Crippen molar-refractivity contribution in [1.29, 1.82) is 0 Å². The van der Waals surface area contributed by atoms with E-state index in [4.69, 9.17) is 11.6 Å². The standard InChI is InChI=1S/C14H12BrClN2O/c1-2-9-7-10(15)3-5-12(9)18-14(19)13-6-4-11(16)8-17-13/h3-8H,2H2,1H3,(H,18,19). The second kappa shape index (κ2) is 6.17. The van der Waals surface area contributed by atoms with Gasteiger partial charge in [-0.1, -0.05) is 34.5 Å². The normalized spacial score (nSPS) is 10.3. The first kappa shape index (κ1) is 14.0. The van der Waals surface area contributed by atoms with Crippen LogP contribution in [0.5, 0.6) is 0 Å². The molecule has 19 heavy (non-hydrogen) atoms. The molecular formula is C14H12BrClN2O. The van der Waals surface area contributed by atoms with Gasteiger partial charge in [-0.05, 0) is 42.3 Å². The van der Waals surface area contributed by atoms with Crippen LogP contribution in [0, 0.1) is 0 Å². The number of nitrogens with zero attached hydrogens (tertiary/aromatic N) is 1. The van der Waals surface area contributed by atoms with Crippen molar-refractivity contribution < 1.29 is 4.79 Å². The highest BCUT2D eigenvalue weighted by Crippen LogP contribution is 2.22. The van der Waals surface area contributed by atoms with E-state index >= 15 is 0 Å². The fraction of sp³-hybridized carbons (Fsp3) is 0.143. The van der Waals surface area contributed by atoms with E-state index in [1.807, 2.05) is 25.1 Å². The Morgan fingerprint density at radius 1 is 1.37 bits per heavy atom. The maximum Gasteiger partial charge on any atom is 0.274 e. The van der Waals surface area contributed by atoms with Crippen LogP contribution in [0.2, 0.25) is 5.02 Å². The fourth-order valence-electron chi connectivity index (χ4n) is 1.67. The van der Waals surface area contributed by atoms with Gasteiger partial charge in [0.15, 0.2) is 0 Å². The molecule has 1 aromatic carbocycles. The second-order valence-corrected chi connectivity index (χ2v) is 5.32. The number of amides is 1. The number of hydrogen-bond donors (Lipinski definition) is 1. The number of aryl methyl sites for hydroxylation is 1. The van der Waals surface area contributed by atoms with Gasteiger partial charge in [0, 0.05) is 16.4 Å². The van der Waals surface area contributed by atoms with Gasteiger partial charge in [-0.3, -0.25) is 4.79 Å². The molecule has 1 amide bonds. The summed E-state index contributed by atoms with van der Waals surface area (Å²) in [5.74, 6) is -0.242. The summed E-state index contributed by atoms with van der Waals surface area (Å²) in [6.07, 6.45) is 2.29. The van der Waals surface area contributed by atoms with Crippen LogP contribution >= 0.6 is 27.5 Å². The fourth-order valence-corrected chi connectivity index (χ4v) is 2.19. The van der Waals surface area contributed by atoms with E-state index in [9.17, 15) is 4.79 Å². The first-order chi connectivity index (χ1) is 9.10. The zero-order valence-electron chi connectivity index (χ0n) is 10.3. The predicted molar refractivity (Wildman–Crippen MR) is 80.7 cm³/mol. The molecule has 0 atom stereocenters. The van der Waals surface area contributed by atoms with Gasteiger partial charge >= 0.3 is 0 Å². The van der Waals surface area contributed by atoms with E-state index in [1.54, 1.807) is 12.1 Å². The molecule has 0 spiro atoms. The summed E-state index contributed by atoms with van der Waals surface area (Å²) in [5, 5.41) is 3.37. The number of nitrogens with one attached hydrogen (secondary N) is 1. The van der Waals surface area contributed by atoms with Crippen LogP contribution in [0.1, 0.15) is 23.0 Å². The van der Waals surface area contributed by atoms with Crippen molar-refractivity contribution in [2.45, 2.75) is 13.3 Å². The Hall–Kier alpha value is -1.39. The molecular weight excluding hydrogens is 328 g/mol. The maximum absolute atomic E-state index is 12.1. The third-order valence-electron chi connectivity index (χ3n) is 2.66. The molecule has 2 rings (SSSR count). The van der Waals surface area contributed by atoms with Crippen molar-refractivity contribution in [3.8, 4) is 0 Å². The van der Waals surface area contributed by atoms with E-state index in [2.05, 4.69) is 26.2 Å². The van der Waals surface area contributed by atoms with Gasteiger partial charge < -0.3 is 5.32 Å². The lowest BCUT2D eigenvalue weighted by atomic mass is 10.1. The molecule has 0 saturated heterocycles. The molecule has 3 nitrogen and oxygen atoms in total. The molecule has 98 valence electrons. The molecule has 0 unspecified atom stereocenters. The number of anilines is 1. The van der Waals surface area contributed by atoms with Gasteiger partial charge in [0.05, 0.1) is 5.02 Å². The number of rotatable bonds is 3. The van der Waals surface area contributed by atoms with Crippen molar-refractivity contribution in [2.75, 3.05) is 5.32 Å². The quantitative estimate of drug-likeness (QED) is 0.905. The monoisotopic (exact) mass is 338 g/mol. The van der Waals surface area contributed by atoms with Crippen LogP contribution < -0.4 is 5.32 Å². The Morgan fingerprint density at radius 3 is 2.79 bits per heavy atom. The highest BCUT2D eigenvalue weighted by molar-refractivity contribution is 9.10. The number of hydrogen-bond acceptors (Lipinski definition) is 2. The number of halogens is 2. The first-order valence-corrected chi connectivity index (χ1v) is 6.98. The Balaban J connectivity index is 2.21. The van der Waals surface area contributed by atoms with Gasteiger partial charge in [-0.15, -0.1) is 0 Å². The Bertz CT molecular complexity index is 599. The summed E-state index contributed by atoms with van der Waals surface area (Å²) in [7, 11) is 0. The third-order valence-corrected chi connectivity index (χ3v) is 3.37. The summed E-state index contributed by atoms with van der Waals surface area (Å²) in [6, 6.07) is 9.00. The second-order valence-electron chi connectivity index (χ2n) is 3.97. The van der Waals surface area contributed by atoms with Gasteiger partial charge in [-0.2, -0.15) is 0 Å². The van der Waals surface area contributed by atoms with Crippen LogP contribution in [0.15, 0.2) is 41.0 Å². The van der Waals surface area contributed by atoms with Gasteiger partial charge in [0.2, 0.25) is 0 Å². The van der Waals surface area contributed by atoms with Crippen molar-refractivity contribution >= 4 is 39.1 Å². The van der Waals surface area contributed by atoms with E-state index in [0.29, 0.717) is 10.7 Å². The Kier molecular flexibility index (Phi) is 4.56. The van der Waals surface area contributed by atoms with Gasteiger partial charge in [0.25, 0.3) is 5.91 Å². The molecule has 1 N–H and O–H groups in total. The summed E-state index contributed by atoms with van der Waals surface area (Å²) in [4.78, 5) is 16.0. The minimum Gasteiger partial charge on any atom is -0.320 e. The zero-order valence-corrected chi connectivity index (χ0v) is 12.6. The van der Waals surface area contributed by atoms with E-state index in [1.165, 1.54) is 6.20 Å². The van der Waals surface area contributed by atoms with E-state index in [0.717, 1.165) is 22.1 Å². The lowest BCUT2D eigenvalue weighted by Gasteiger charge is -2.10. The molecule has 0 saturated carbocycles. The van der Waals surface area contributed by atoms with Gasteiger partial charge in [-0.25, -0.2) is 4.98 Å². The highest BCUT2D eigenvalue weighted by Gasteiger charge is 2.10. The Labute approximate surface area is 125 Å². The first-order valence-electron chi connectivity index (χ1n) is 5.81. The summed E-state index contributed by atoms with van der Waals surface area (Å²) >= 11 is 9.16. The molecule has 0 aliphatic carbocycles. The molecule has 1 aromatic heterocycles. The molecule has 0 fully saturated rings. The van der Waals surface area contributed by atoms with Crippen LogP contribution in [0.4, 0.5) is 5.69 Å². The van der Waals surface area contributed by atoms with Crippen molar-refractivity contribution in [3.05, 3.63) is 57.3 Å². The number of benzene rings is 1. The molecule has 0 aliphatic rings. The van der Waals surface area contributed by atoms with Crippen molar-refractivity contribution in [1.82, 2.24) is 4.98 Å². The van der Waals surface area contributed by atoms with Crippen LogP contribution in [0.3, 0.4) is 0 Å². The average Bonchev–Trinajstić information content (AvgIpc) is 2.41. The van der Waals surface area contributed by atoms with E-state index in [-0.39, 0.29) is 5.91 Å². The van der Waals surface area contributed by atoms with Gasteiger partial charge in [0.1, 0.15) is 5.69 Å².